The zero-order valence-electron chi connectivity index (χ0n) is 56.6. The summed E-state index contributed by atoms with van der Waals surface area (Å²) in [5.41, 5.74) is 7.16. The third-order valence-electron chi connectivity index (χ3n) is 16.7. The van der Waals surface area contributed by atoms with E-state index in [9.17, 15) is 56.3 Å². The van der Waals surface area contributed by atoms with Crippen molar-refractivity contribution in [3.63, 3.8) is 0 Å². The topological polar surface area (TPSA) is 363 Å². The lowest BCUT2D eigenvalue weighted by molar-refractivity contribution is -0.192. The number of nitrogens with one attached hydrogen (secondary N) is 5. The molecular formula is C65H98F3N11O15S. The number of carboxylic acids is 1. The maximum absolute atomic E-state index is 14.9. The number of thiazole rings is 1. The predicted octanol–water partition coefficient (Wildman–Crippen LogP) is 6.52. The van der Waals surface area contributed by atoms with E-state index in [0.717, 1.165) is 10.6 Å². The number of methoxy groups -OCH3 is 2. The number of nitrogens with zero attached hydrogens (tertiary/aromatic N) is 4. The number of ketones is 1. The molecule has 530 valence electrons. The highest BCUT2D eigenvalue weighted by Gasteiger charge is 2.44. The molecule has 10 N–H and O–H groups in total. The van der Waals surface area contributed by atoms with Gasteiger partial charge in [0.2, 0.25) is 35.4 Å². The number of likely N-dealkylation sites (tertiary alicyclic amines) is 1. The molecule has 2 heterocycles. The number of carbonyl (C=O) groups excluding carboxylic acids is 9. The number of carboxylic acid groups (broad SMARTS) is 1. The van der Waals surface area contributed by atoms with Gasteiger partial charge in [0.25, 0.3) is 0 Å². The minimum atomic E-state index is -5.08. The fourth-order valence-corrected chi connectivity index (χ4v) is 12.1. The van der Waals surface area contributed by atoms with Crippen molar-refractivity contribution in [2.75, 3.05) is 53.3 Å². The van der Waals surface area contributed by atoms with E-state index in [1.165, 1.54) is 30.4 Å². The van der Waals surface area contributed by atoms with Crippen molar-refractivity contribution in [2.45, 2.75) is 175 Å². The van der Waals surface area contributed by atoms with Crippen LogP contribution in [0.25, 0.3) is 0 Å². The number of benzene rings is 2. The van der Waals surface area contributed by atoms with Gasteiger partial charge in [-0.1, -0.05) is 111 Å². The molecule has 11 atom stereocenters. The summed E-state index contributed by atoms with van der Waals surface area (Å²) in [7, 11) is 6.27. The van der Waals surface area contributed by atoms with Gasteiger partial charge in [0.1, 0.15) is 30.3 Å². The second kappa shape index (κ2) is 39.9. The first-order valence-electron chi connectivity index (χ1n) is 31.6. The van der Waals surface area contributed by atoms with Crippen molar-refractivity contribution in [1.82, 2.24) is 41.0 Å². The number of amides is 9. The highest BCUT2D eigenvalue weighted by atomic mass is 32.1. The van der Waals surface area contributed by atoms with Gasteiger partial charge < -0.3 is 66.3 Å². The Kier molecular flexibility index (Phi) is 34.2. The molecule has 95 heavy (non-hydrogen) atoms. The van der Waals surface area contributed by atoms with E-state index in [1.54, 1.807) is 68.3 Å². The van der Waals surface area contributed by atoms with Gasteiger partial charge in [0.15, 0.2) is 5.78 Å². The summed E-state index contributed by atoms with van der Waals surface area (Å²) in [6.07, 6.45) is -2.80. The number of halogens is 3. The number of aliphatic carboxylic acids is 1. The molecule has 4 rings (SSSR count). The number of anilines is 1. The zero-order valence-corrected chi connectivity index (χ0v) is 57.4. The molecule has 0 spiro atoms. The summed E-state index contributed by atoms with van der Waals surface area (Å²) < 4.78 is 49.7. The first-order chi connectivity index (χ1) is 44.7. The molecule has 1 aliphatic rings. The van der Waals surface area contributed by atoms with Gasteiger partial charge >= 0.3 is 24.3 Å². The summed E-state index contributed by atoms with van der Waals surface area (Å²) in [5.74, 6) is -3.19. The summed E-state index contributed by atoms with van der Waals surface area (Å²) in [6, 6.07) is 11.2. The Morgan fingerprint density at radius 3 is 1.98 bits per heavy atom. The van der Waals surface area contributed by atoms with Crippen LogP contribution in [0.2, 0.25) is 0 Å². The van der Waals surface area contributed by atoms with Gasteiger partial charge in [-0.25, -0.2) is 25.3 Å². The average Bonchev–Trinajstić information content (AvgIpc) is 1.80. The number of rotatable bonds is 36. The standard InChI is InChI=1S/C63H97N11O13S.C2HF3O2/c1-14-40(8)55(50(84-12)34-52(77)74-30-19-23-48(74)56(85-13)41(9)57(78)70-47(60-66-29-31-88-60)32-42-20-16-15-17-21-42)72(10)61(81)45(37(2)3)33-49(75)54(39(6)7)73(11)63(83)86-35-43-24-26-44(27-25-43)68-58(79)46(22-18-28-67-62(64)82)69-59(80)53(38(4)5)71-51(76)36-87-65;3-2(4,5)1(6)7/h15-17,20-21,24-27,29,31,37-41,45-48,50,53-56H,14,18-19,22-23,28,30,32-36,65H2,1-13H3,(H,68,79)(H,69,80)(H,70,78)(H,71,76)(H3,64,67,82);(H,6,7)/t40-,41+,45-,46-,47-,48-,50+,53-,54-,55-,56+;/m0./s1. The molecule has 0 unspecified atom stereocenters. The second-order valence-corrected chi connectivity index (χ2v) is 25.6. The predicted molar refractivity (Wildman–Crippen MR) is 348 cm³/mol. The van der Waals surface area contributed by atoms with Crippen LogP contribution in [0.3, 0.4) is 0 Å². The lowest BCUT2D eigenvalue weighted by atomic mass is 9.83. The number of Topliss-reactive ketones (excluding diaryl/α,β-unsaturated/α-hetero) is 1. The number of aromatic nitrogens is 1. The molecule has 0 saturated carbocycles. The summed E-state index contributed by atoms with van der Waals surface area (Å²) in [6.45, 7) is 16.6. The Morgan fingerprint density at radius 1 is 0.811 bits per heavy atom. The van der Waals surface area contributed by atoms with E-state index < -0.39 is 103 Å². The van der Waals surface area contributed by atoms with E-state index >= 15 is 0 Å². The number of nitrogens with two attached hydrogens (primary N) is 2. The third kappa shape index (κ3) is 25.7. The van der Waals surface area contributed by atoms with Crippen LogP contribution in [0.15, 0.2) is 66.2 Å². The summed E-state index contributed by atoms with van der Waals surface area (Å²) >= 11 is 1.47. The smallest absolute Gasteiger partial charge is 0.475 e. The van der Waals surface area contributed by atoms with Gasteiger partial charge in [-0.3, -0.25) is 38.4 Å². The van der Waals surface area contributed by atoms with Crippen LogP contribution < -0.4 is 38.2 Å². The van der Waals surface area contributed by atoms with Crippen LogP contribution in [0.5, 0.6) is 0 Å². The third-order valence-corrected chi connectivity index (χ3v) is 17.6. The molecule has 3 aromatic rings. The molecule has 30 heteroatoms. The SMILES string of the molecule is CC[C@H](C)[C@@H]([C@@H](CC(=O)N1CCC[C@H]1[C@H](OC)[C@@H](C)C(=O)N[C@@H](Cc1ccccc1)c1nccs1)OC)N(C)C(=O)[C@@H](CC(=O)[C@H](C(C)C)N(C)C(=O)OCc1ccc(NC(=O)[C@H](CCCNC(N)=O)NC(=O)[C@@H](NC(=O)CON)C(C)C)cc1)C(C)C.O=C(O)C(F)(F)F. The van der Waals surface area contributed by atoms with Crippen molar-refractivity contribution in [3.8, 4) is 0 Å². The number of carbonyl (C=O) groups is 10. The molecule has 9 amide bonds. The van der Waals surface area contributed by atoms with Gasteiger partial charge in [-0.15, -0.1) is 11.3 Å². The Labute approximate surface area is 558 Å². The Balaban J connectivity index is 0.00000317. The van der Waals surface area contributed by atoms with Crippen LogP contribution in [-0.4, -0.2) is 181 Å². The minimum Gasteiger partial charge on any atom is -0.475 e. The van der Waals surface area contributed by atoms with Crippen molar-refractivity contribution in [2.24, 2.45) is 47.1 Å². The number of alkyl halides is 3. The summed E-state index contributed by atoms with van der Waals surface area (Å²) in [5, 5.41) is 23.5. The number of ether oxygens (including phenoxy) is 3. The van der Waals surface area contributed by atoms with Crippen molar-refractivity contribution >= 4 is 76.3 Å². The van der Waals surface area contributed by atoms with Crippen LogP contribution in [0.1, 0.15) is 129 Å². The molecule has 0 radical (unpaired) electrons. The average molecular weight is 1360 g/mol. The summed E-state index contributed by atoms with van der Waals surface area (Å²) in [4.78, 5) is 145. The maximum Gasteiger partial charge on any atom is 0.490 e. The lowest BCUT2D eigenvalue weighted by Crippen LogP contribution is -2.55. The fourth-order valence-electron chi connectivity index (χ4n) is 11.5. The van der Waals surface area contributed by atoms with Crippen LogP contribution in [-0.2, 0) is 70.4 Å². The van der Waals surface area contributed by atoms with Crippen LogP contribution in [0.4, 0.5) is 28.4 Å². The van der Waals surface area contributed by atoms with E-state index in [1.807, 2.05) is 84.2 Å². The molecule has 0 bridgehead atoms. The minimum absolute atomic E-state index is 0.0493. The number of likely N-dealkylation sites (N-methyl/N-ethyl adjacent to an activating group) is 2. The van der Waals surface area contributed by atoms with Gasteiger partial charge in [0, 0.05) is 71.0 Å². The van der Waals surface area contributed by atoms with E-state index in [2.05, 4.69) is 36.4 Å². The zero-order chi connectivity index (χ0) is 71.4. The van der Waals surface area contributed by atoms with Crippen molar-refractivity contribution in [3.05, 3.63) is 82.3 Å². The van der Waals surface area contributed by atoms with Gasteiger partial charge in [-0.05, 0) is 79.0 Å². The Bertz CT molecular complexity index is 2950. The fraction of sp³-hybridized carbons (Fsp3) is 0.615. The monoisotopic (exact) mass is 1360 g/mol. The number of primary amides is 1. The first-order valence-corrected chi connectivity index (χ1v) is 32.5. The molecule has 1 aromatic heterocycles. The van der Waals surface area contributed by atoms with Gasteiger partial charge in [-0.2, -0.15) is 13.2 Å². The van der Waals surface area contributed by atoms with Crippen molar-refractivity contribution in [1.29, 1.82) is 0 Å². The molecule has 2 aromatic carbocycles. The highest BCUT2D eigenvalue weighted by Crippen LogP contribution is 2.32. The van der Waals surface area contributed by atoms with E-state index in [4.69, 9.17) is 35.7 Å². The molecule has 1 aliphatic heterocycles. The van der Waals surface area contributed by atoms with Crippen molar-refractivity contribution < 1.29 is 85.3 Å². The molecular weight excluding hydrogens is 1260 g/mol. The lowest BCUT2D eigenvalue weighted by Gasteiger charge is -2.41. The Morgan fingerprint density at radius 2 is 1.45 bits per heavy atom. The number of urea groups is 1. The maximum atomic E-state index is 14.9. The first kappa shape index (κ1) is 81.4. The number of hydrogen-bond acceptors (Lipinski definition) is 17. The van der Waals surface area contributed by atoms with Gasteiger partial charge in [0.05, 0.1) is 48.7 Å². The molecule has 0 aliphatic carbocycles. The van der Waals surface area contributed by atoms with E-state index in [-0.39, 0.29) is 92.1 Å². The van der Waals surface area contributed by atoms with Crippen LogP contribution >= 0.6 is 11.3 Å². The molecule has 26 nitrogen and oxygen atoms in total. The second-order valence-electron chi connectivity index (χ2n) is 24.7. The quantitative estimate of drug-likeness (QED) is 0.0227. The van der Waals surface area contributed by atoms with E-state index in [0.29, 0.717) is 43.5 Å². The molecule has 1 fully saturated rings. The molecule has 1 saturated heterocycles. The Hall–Kier alpha value is -7.80. The van der Waals surface area contributed by atoms with Crippen LogP contribution in [0, 0.1) is 35.5 Å². The number of hydrogen-bond donors (Lipinski definition) is 8. The largest absolute Gasteiger partial charge is 0.490 e. The highest BCUT2D eigenvalue weighted by molar-refractivity contribution is 7.09. The normalized spacial score (nSPS) is 16.3.